The number of aryl methyl sites for hydroxylation is 1. The number of benzene rings is 3. The topological polar surface area (TPSA) is 119 Å². The molecule has 0 saturated carbocycles. The quantitative estimate of drug-likeness (QED) is 0.362. The fourth-order valence-corrected chi connectivity index (χ4v) is 4.86. The first-order chi connectivity index (χ1) is 18.7. The lowest BCUT2D eigenvalue weighted by atomic mass is 9.99. The number of nitrogens with one attached hydrogen (secondary N) is 2. The van der Waals surface area contributed by atoms with Crippen molar-refractivity contribution in [2.24, 2.45) is 0 Å². The zero-order chi connectivity index (χ0) is 28.1. The highest BCUT2D eigenvalue weighted by Crippen LogP contribution is 2.36. The minimum absolute atomic E-state index is 0. The number of halogens is 1. The van der Waals surface area contributed by atoms with Gasteiger partial charge in [0.1, 0.15) is 6.04 Å². The van der Waals surface area contributed by atoms with Crippen LogP contribution in [0.5, 0.6) is 0 Å². The minimum Gasteiger partial charge on any atom is -0.481 e. The maximum atomic E-state index is 14.2. The van der Waals surface area contributed by atoms with Crippen LogP contribution < -0.4 is 20.4 Å². The van der Waals surface area contributed by atoms with Gasteiger partial charge in [-0.25, -0.2) is 0 Å². The van der Waals surface area contributed by atoms with E-state index in [1.807, 2.05) is 49.4 Å². The molecule has 0 aromatic heterocycles. The molecule has 0 aliphatic carbocycles. The van der Waals surface area contributed by atoms with Gasteiger partial charge in [0.2, 0.25) is 11.8 Å². The number of fused-ring (bicyclic) bond motifs is 2. The third-order valence-corrected chi connectivity index (χ3v) is 7.21. The molecule has 40 heavy (non-hydrogen) atoms. The predicted octanol–water partition coefficient (Wildman–Crippen LogP) is 3.80. The molecule has 4 rings (SSSR count). The summed E-state index contributed by atoms with van der Waals surface area (Å²) in [6, 6.07) is 17.7. The smallest absolute Gasteiger partial charge is 0.303 e. The van der Waals surface area contributed by atoms with Crippen LogP contribution in [0.4, 0.5) is 11.4 Å². The lowest BCUT2D eigenvalue weighted by Gasteiger charge is -2.27. The van der Waals surface area contributed by atoms with E-state index >= 15 is 0 Å². The lowest BCUT2D eigenvalue weighted by molar-refractivity contribution is -0.137. The highest BCUT2D eigenvalue weighted by atomic mass is 35.5. The van der Waals surface area contributed by atoms with E-state index in [1.54, 1.807) is 37.1 Å². The third-order valence-electron chi connectivity index (χ3n) is 7.21. The molecule has 3 N–H and O–H groups in total. The van der Waals surface area contributed by atoms with Crippen LogP contribution in [-0.2, 0) is 25.7 Å². The van der Waals surface area contributed by atoms with Gasteiger partial charge in [0, 0.05) is 12.8 Å². The normalized spacial score (nSPS) is 15.6. The van der Waals surface area contributed by atoms with E-state index in [-0.39, 0.29) is 62.5 Å². The fraction of sp³-hybridized carbons (Fsp3) is 0.333. The zero-order valence-electron chi connectivity index (χ0n) is 22.8. The van der Waals surface area contributed by atoms with Gasteiger partial charge in [-0.05, 0) is 61.3 Å². The first kappa shape index (κ1) is 30.6. The molecule has 2 unspecified atom stereocenters. The number of nitrogens with zero attached hydrogens (tertiary/aromatic N) is 2. The predicted molar refractivity (Wildman–Crippen MR) is 158 cm³/mol. The van der Waals surface area contributed by atoms with Crippen LogP contribution in [0.15, 0.2) is 60.7 Å². The zero-order valence-corrected chi connectivity index (χ0v) is 23.7. The van der Waals surface area contributed by atoms with Crippen molar-refractivity contribution < 1.29 is 24.3 Å². The Balaban J connectivity index is 0.00000441. The summed E-state index contributed by atoms with van der Waals surface area (Å²) < 4.78 is 0. The number of para-hydroxylation sites is 2. The first-order valence-corrected chi connectivity index (χ1v) is 13.1. The Hall–Kier alpha value is -3.95. The SMILES string of the molecule is CNC(C)C(=O)NC1CN(C(=O)CCCC(=O)O)c2ccccc2N(Cc2c(C)ccc3ccccc23)C1=O.Cl. The Morgan fingerprint density at radius 2 is 1.68 bits per heavy atom. The molecule has 1 aliphatic heterocycles. The van der Waals surface area contributed by atoms with Crippen LogP contribution >= 0.6 is 12.4 Å². The molecule has 1 heterocycles. The van der Waals surface area contributed by atoms with Crippen LogP contribution in [0.2, 0.25) is 0 Å². The monoisotopic (exact) mass is 566 g/mol. The number of aliphatic carboxylic acids is 1. The van der Waals surface area contributed by atoms with E-state index in [2.05, 4.69) is 10.6 Å². The maximum absolute atomic E-state index is 14.2. The van der Waals surface area contributed by atoms with Crippen LogP contribution in [0, 0.1) is 6.92 Å². The second-order valence-electron chi connectivity index (χ2n) is 9.82. The average molecular weight is 567 g/mol. The molecule has 10 heteroatoms. The Morgan fingerprint density at radius 1 is 1.00 bits per heavy atom. The van der Waals surface area contributed by atoms with Gasteiger partial charge in [0.15, 0.2) is 0 Å². The largest absolute Gasteiger partial charge is 0.481 e. The number of rotatable bonds is 9. The summed E-state index contributed by atoms with van der Waals surface area (Å²) in [5, 5.41) is 16.8. The molecule has 0 saturated heterocycles. The molecule has 212 valence electrons. The van der Waals surface area contributed by atoms with Gasteiger partial charge >= 0.3 is 5.97 Å². The van der Waals surface area contributed by atoms with Crippen molar-refractivity contribution in [2.45, 2.75) is 51.7 Å². The number of anilines is 2. The van der Waals surface area contributed by atoms with Crippen molar-refractivity contribution in [2.75, 3.05) is 23.4 Å². The summed E-state index contributed by atoms with van der Waals surface area (Å²) >= 11 is 0. The highest BCUT2D eigenvalue weighted by molar-refractivity contribution is 6.08. The van der Waals surface area contributed by atoms with Crippen LogP contribution in [0.1, 0.15) is 37.3 Å². The lowest BCUT2D eigenvalue weighted by Crippen LogP contribution is -2.55. The molecule has 3 aromatic rings. The first-order valence-electron chi connectivity index (χ1n) is 13.1. The molecular weight excluding hydrogens is 532 g/mol. The summed E-state index contributed by atoms with van der Waals surface area (Å²) in [5.74, 6) is -1.97. The number of amides is 3. The van der Waals surface area contributed by atoms with Crippen molar-refractivity contribution in [1.82, 2.24) is 10.6 Å². The second kappa shape index (κ2) is 13.4. The minimum atomic E-state index is -1.00. The van der Waals surface area contributed by atoms with Crippen molar-refractivity contribution in [3.8, 4) is 0 Å². The fourth-order valence-electron chi connectivity index (χ4n) is 4.86. The van der Waals surface area contributed by atoms with Gasteiger partial charge in [-0.3, -0.25) is 19.2 Å². The average Bonchev–Trinajstić information content (AvgIpc) is 3.04. The number of carbonyl (C=O) groups excluding carboxylic acids is 3. The van der Waals surface area contributed by atoms with E-state index < -0.39 is 18.1 Å². The molecular formula is C30H35ClN4O5. The summed E-state index contributed by atoms with van der Waals surface area (Å²) in [7, 11) is 1.66. The van der Waals surface area contributed by atoms with Gasteiger partial charge in [0.05, 0.1) is 30.5 Å². The molecule has 0 radical (unpaired) electrons. The van der Waals surface area contributed by atoms with E-state index in [1.165, 1.54) is 4.90 Å². The molecule has 3 aromatic carbocycles. The molecule has 2 atom stereocenters. The standard InChI is InChI=1S/C30H34N4O5.ClH/c1-19-15-16-21-9-4-5-10-22(21)23(19)17-34-26-12-7-6-11-25(26)33(27(35)13-8-14-28(36)37)18-24(30(34)39)32-29(38)20(2)31-3;/h4-7,9-12,15-16,20,24,31H,8,13-14,17-18H2,1-3H3,(H,32,38)(H,36,37);1H. The molecule has 9 nitrogen and oxygen atoms in total. The number of carboxylic acid groups (broad SMARTS) is 1. The van der Waals surface area contributed by atoms with Crippen molar-refractivity contribution in [1.29, 1.82) is 0 Å². The van der Waals surface area contributed by atoms with Gasteiger partial charge < -0.3 is 25.5 Å². The van der Waals surface area contributed by atoms with E-state index in [4.69, 9.17) is 5.11 Å². The molecule has 1 aliphatic rings. The molecule has 0 fully saturated rings. The van der Waals surface area contributed by atoms with Crippen LogP contribution in [0.25, 0.3) is 10.8 Å². The second-order valence-corrected chi connectivity index (χ2v) is 9.82. The number of carboxylic acids is 1. The maximum Gasteiger partial charge on any atom is 0.303 e. The van der Waals surface area contributed by atoms with E-state index in [0.29, 0.717) is 11.4 Å². The molecule has 0 spiro atoms. The molecule has 3 amide bonds. The van der Waals surface area contributed by atoms with E-state index in [9.17, 15) is 19.2 Å². The number of hydrogen-bond acceptors (Lipinski definition) is 5. The van der Waals surface area contributed by atoms with Gasteiger partial charge in [-0.2, -0.15) is 0 Å². The van der Waals surface area contributed by atoms with Gasteiger partial charge in [0.25, 0.3) is 5.91 Å². The molecule has 0 bridgehead atoms. The Bertz CT molecular complexity index is 1410. The number of likely N-dealkylation sites (N-methyl/N-ethyl adjacent to an activating group) is 1. The summed E-state index contributed by atoms with van der Waals surface area (Å²) in [5.41, 5.74) is 3.10. The summed E-state index contributed by atoms with van der Waals surface area (Å²) in [4.78, 5) is 54.6. The van der Waals surface area contributed by atoms with Gasteiger partial charge in [-0.15, -0.1) is 12.4 Å². The summed E-state index contributed by atoms with van der Waals surface area (Å²) in [6.07, 6.45) is 0.0465. The Kier molecular flexibility index (Phi) is 10.3. The Labute approximate surface area is 239 Å². The van der Waals surface area contributed by atoms with Crippen molar-refractivity contribution in [3.05, 3.63) is 71.8 Å². The Morgan fingerprint density at radius 3 is 2.38 bits per heavy atom. The van der Waals surface area contributed by atoms with Crippen LogP contribution in [-0.4, -0.2) is 54.5 Å². The third kappa shape index (κ3) is 6.60. The van der Waals surface area contributed by atoms with Crippen molar-refractivity contribution in [3.63, 3.8) is 0 Å². The summed E-state index contributed by atoms with van der Waals surface area (Å²) in [6.45, 7) is 3.88. The number of hydrogen-bond donors (Lipinski definition) is 3. The van der Waals surface area contributed by atoms with Crippen LogP contribution in [0.3, 0.4) is 0 Å². The van der Waals surface area contributed by atoms with E-state index in [0.717, 1.165) is 21.9 Å². The number of carbonyl (C=O) groups is 4. The highest BCUT2D eigenvalue weighted by Gasteiger charge is 2.37. The van der Waals surface area contributed by atoms with Gasteiger partial charge in [-0.1, -0.05) is 48.5 Å². The van der Waals surface area contributed by atoms with Crippen molar-refractivity contribution >= 4 is 58.2 Å².